The molecule has 0 saturated heterocycles. The van der Waals surface area contributed by atoms with E-state index in [0.717, 1.165) is 5.56 Å². The number of rotatable bonds is 4. The number of aryl methyl sites for hydroxylation is 1. The summed E-state index contributed by atoms with van der Waals surface area (Å²) in [5.74, 6) is 0. The Hall–Kier alpha value is -2.41. The van der Waals surface area contributed by atoms with Gasteiger partial charge in [-0.1, -0.05) is 18.2 Å². The molecule has 2 aromatic rings. The third kappa shape index (κ3) is 2.73. The molecule has 6 nitrogen and oxygen atoms in total. The van der Waals surface area contributed by atoms with Gasteiger partial charge in [0.1, 0.15) is 4.90 Å². The van der Waals surface area contributed by atoms with E-state index >= 15 is 0 Å². The van der Waals surface area contributed by atoms with Gasteiger partial charge in [-0.15, -0.1) is 0 Å². The summed E-state index contributed by atoms with van der Waals surface area (Å²) in [5, 5.41) is 13.8. The van der Waals surface area contributed by atoms with Gasteiger partial charge in [-0.2, -0.15) is 0 Å². The normalized spacial score (nSPS) is 11.1. The van der Waals surface area contributed by atoms with Gasteiger partial charge in [0.05, 0.1) is 15.5 Å². The maximum Gasteiger partial charge on any atom is 0.288 e. The van der Waals surface area contributed by atoms with E-state index in [0.29, 0.717) is 5.69 Å². The Kier molecular flexibility index (Phi) is 3.95. The number of sulfone groups is 1. The summed E-state index contributed by atoms with van der Waals surface area (Å²) in [6, 6.07) is 10.1. The molecule has 0 unspecified atom stereocenters. The van der Waals surface area contributed by atoms with Gasteiger partial charge in [0.25, 0.3) is 5.69 Å². The van der Waals surface area contributed by atoms with Gasteiger partial charge in [-0.25, -0.2) is 8.42 Å². The molecular weight excluding hydrogens is 292 g/mol. The van der Waals surface area contributed by atoms with Crippen molar-refractivity contribution in [1.29, 1.82) is 0 Å². The highest BCUT2D eigenvalue weighted by atomic mass is 32.2. The van der Waals surface area contributed by atoms with Gasteiger partial charge in [-0.05, 0) is 30.7 Å². The zero-order valence-electron chi connectivity index (χ0n) is 11.5. The lowest BCUT2D eigenvalue weighted by Crippen LogP contribution is -2.08. The van der Waals surface area contributed by atoms with E-state index in [4.69, 9.17) is 0 Å². The Morgan fingerprint density at radius 3 is 2.38 bits per heavy atom. The van der Waals surface area contributed by atoms with Crippen LogP contribution in [0.5, 0.6) is 0 Å². The molecule has 0 atom stereocenters. The standard InChI is InChI=1S/C14H14N2O4S/c1-10-7-8-13(11(9-10)15-2)21(19,20)14-6-4-3-5-12(14)16(17)18/h3-9,15H,1-2H3. The van der Waals surface area contributed by atoms with E-state index in [1.54, 1.807) is 19.2 Å². The Morgan fingerprint density at radius 1 is 1.10 bits per heavy atom. The predicted octanol–water partition coefficient (Wildman–Crippen LogP) is 2.78. The summed E-state index contributed by atoms with van der Waals surface area (Å²) < 4.78 is 25.4. The Labute approximate surface area is 122 Å². The number of benzene rings is 2. The van der Waals surface area contributed by atoms with Crippen LogP contribution in [0, 0.1) is 17.0 Å². The molecule has 0 heterocycles. The van der Waals surface area contributed by atoms with E-state index in [2.05, 4.69) is 5.32 Å². The highest BCUT2D eigenvalue weighted by molar-refractivity contribution is 7.91. The Morgan fingerprint density at radius 2 is 1.76 bits per heavy atom. The number of anilines is 1. The average molecular weight is 306 g/mol. The molecule has 0 aromatic heterocycles. The molecule has 0 fully saturated rings. The van der Waals surface area contributed by atoms with Crippen molar-refractivity contribution in [3.05, 3.63) is 58.1 Å². The Bertz CT molecular complexity index is 800. The van der Waals surface area contributed by atoms with E-state index in [-0.39, 0.29) is 9.79 Å². The Balaban J connectivity index is 2.72. The second-order valence-corrected chi connectivity index (χ2v) is 6.36. The summed E-state index contributed by atoms with van der Waals surface area (Å²) >= 11 is 0. The monoisotopic (exact) mass is 306 g/mol. The summed E-state index contributed by atoms with van der Waals surface area (Å²) in [4.78, 5) is 10.0. The van der Waals surface area contributed by atoms with Crippen LogP contribution in [0.1, 0.15) is 5.56 Å². The highest BCUT2D eigenvalue weighted by Gasteiger charge is 2.28. The maximum atomic E-state index is 12.7. The molecule has 0 bridgehead atoms. The average Bonchev–Trinajstić information content (AvgIpc) is 2.46. The first kappa shape index (κ1) is 15.0. The fourth-order valence-corrected chi connectivity index (χ4v) is 3.64. The topological polar surface area (TPSA) is 89.3 Å². The molecule has 21 heavy (non-hydrogen) atoms. The number of nitrogens with one attached hydrogen (secondary N) is 1. The molecule has 2 aromatic carbocycles. The first-order valence-electron chi connectivity index (χ1n) is 6.15. The van der Waals surface area contributed by atoms with Crippen LogP contribution < -0.4 is 5.32 Å². The number of hydrogen-bond acceptors (Lipinski definition) is 5. The molecule has 0 amide bonds. The van der Waals surface area contributed by atoms with E-state index in [9.17, 15) is 18.5 Å². The van der Waals surface area contributed by atoms with E-state index in [1.165, 1.54) is 30.3 Å². The molecule has 0 aliphatic rings. The van der Waals surface area contributed by atoms with E-state index < -0.39 is 20.4 Å². The number of para-hydroxylation sites is 1. The fraction of sp³-hybridized carbons (Fsp3) is 0.143. The van der Waals surface area contributed by atoms with Crippen LogP contribution in [-0.2, 0) is 9.84 Å². The summed E-state index contributed by atoms with van der Waals surface area (Å²) in [6.07, 6.45) is 0. The van der Waals surface area contributed by atoms with Crippen LogP contribution in [-0.4, -0.2) is 20.4 Å². The number of nitrogens with zero attached hydrogens (tertiary/aromatic N) is 1. The molecule has 1 N–H and O–H groups in total. The molecule has 0 saturated carbocycles. The molecule has 2 rings (SSSR count). The lowest BCUT2D eigenvalue weighted by molar-refractivity contribution is -0.387. The lowest BCUT2D eigenvalue weighted by atomic mass is 10.2. The number of nitro benzene ring substituents is 1. The van der Waals surface area contributed by atoms with Gasteiger partial charge in [0.2, 0.25) is 9.84 Å². The van der Waals surface area contributed by atoms with Gasteiger partial charge in [-0.3, -0.25) is 10.1 Å². The van der Waals surface area contributed by atoms with Crippen LogP contribution in [0.4, 0.5) is 11.4 Å². The minimum absolute atomic E-state index is 0.0184. The smallest absolute Gasteiger partial charge is 0.288 e. The van der Waals surface area contributed by atoms with Gasteiger partial charge in [0.15, 0.2) is 0 Å². The van der Waals surface area contributed by atoms with Crippen LogP contribution in [0.15, 0.2) is 52.3 Å². The SMILES string of the molecule is CNc1cc(C)ccc1S(=O)(=O)c1ccccc1[N+](=O)[O-]. The van der Waals surface area contributed by atoms with Gasteiger partial charge >= 0.3 is 0 Å². The minimum atomic E-state index is -3.98. The fourth-order valence-electron chi connectivity index (χ4n) is 2.03. The van der Waals surface area contributed by atoms with Crippen LogP contribution in [0.2, 0.25) is 0 Å². The molecule has 7 heteroatoms. The molecule has 0 aliphatic carbocycles. The first-order chi connectivity index (χ1) is 9.87. The third-order valence-corrected chi connectivity index (χ3v) is 4.90. The number of hydrogen-bond donors (Lipinski definition) is 1. The second-order valence-electron chi connectivity index (χ2n) is 4.48. The molecule has 0 spiro atoms. The van der Waals surface area contributed by atoms with Crippen LogP contribution in [0.3, 0.4) is 0 Å². The molecule has 110 valence electrons. The largest absolute Gasteiger partial charge is 0.387 e. The van der Waals surface area contributed by atoms with Gasteiger partial charge < -0.3 is 5.32 Å². The van der Waals surface area contributed by atoms with Crippen molar-refractivity contribution < 1.29 is 13.3 Å². The van der Waals surface area contributed by atoms with Crippen molar-refractivity contribution in [3.63, 3.8) is 0 Å². The van der Waals surface area contributed by atoms with Crippen molar-refractivity contribution >= 4 is 21.2 Å². The first-order valence-corrected chi connectivity index (χ1v) is 7.63. The molecule has 0 radical (unpaired) electrons. The quantitative estimate of drug-likeness (QED) is 0.693. The van der Waals surface area contributed by atoms with Crippen molar-refractivity contribution in [2.75, 3.05) is 12.4 Å². The number of nitro groups is 1. The molecular formula is C14H14N2O4S. The summed E-state index contributed by atoms with van der Waals surface area (Å²) in [5.41, 5.74) is 0.870. The van der Waals surface area contributed by atoms with Crippen molar-refractivity contribution in [2.45, 2.75) is 16.7 Å². The van der Waals surface area contributed by atoms with Crippen molar-refractivity contribution in [1.82, 2.24) is 0 Å². The van der Waals surface area contributed by atoms with E-state index in [1.807, 2.05) is 6.92 Å². The molecule has 0 aliphatic heterocycles. The third-order valence-electron chi connectivity index (χ3n) is 3.05. The minimum Gasteiger partial charge on any atom is -0.387 e. The van der Waals surface area contributed by atoms with Crippen LogP contribution >= 0.6 is 0 Å². The van der Waals surface area contributed by atoms with Crippen LogP contribution in [0.25, 0.3) is 0 Å². The van der Waals surface area contributed by atoms with Crippen molar-refractivity contribution in [2.24, 2.45) is 0 Å². The van der Waals surface area contributed by atoms with Gasteiger partial charge in [0, 0.05) is 13.1 Å². The van der Waals surface area contributed by atoms with Crippen molar-refractivity contribution in [3.8, 4) is 0 Å². The zero-order valence-corrected chi connectivity index (χ0v) is 12.3. The predicted molar refractivity (Wildman–Crippen MR) is 79.3 cm³/mol. The summed E-state index contributed by atoms with van der Waals surface area (Å²) in [6.45, 7) is 1.84. The lowest BCUT2D eigenvalue weighted by Gasteiger charge is -2.11. The highest BCUT2D eigenvalue weighted by Crippen LogP contribution is 2.33. The second kappa shape index (κ2) is 5.53. The summed E-state index contributed by atoms with van der Waals surface area (Å²) in [7, 11) is -2.37. The maximum absolute atomic E-state index is 12.7. The zero-order chi connectivity index (χ0) is 15.6.